The summed E-state index contributed by atoms with van der Waals surface area (Å²) in [4.78, 5) is 29.6. The van der Waals surface area contributed by atoms with E-state index in [2.05, 4.69) is 4.98 Å². The molecule has 1 fully saturated rings. The second-order valence-corrected chi connectivity index (χ2v) is 5.45. The first-order valence-corrected chi connectivity index (χ1v) is 7.06. The Kier molecular flexibility index (Phi) is 4.28. The summed E-state index contributed by atoms with van der Waals surface area (Å²) in [7, 11) is 0. The Morgan fingerprint density at radius 2 is 2.25 bits per heavy atom. The van der Waals surface area contributed by atoms with Gasteiger partial charge in [-0.15, -0.1) is 0 Å². The highest BCUT2D eigenvalue weighted by molar-refractivity contribution is 6.30. The zero-order valence-corrected chi connectivity index (χ0v) is 12.1. The Morgan fingerprint density at radius 3 is 2.80 bits per heavy atom. The normalized spacial score (nSPS) is 22.0. The minimum Gasteiger partial charge on any atom is -0.479 e. The molecule has 0 spiro atoms. The fourth-order valence-electron chi connectivity index (χ4n) is 2.82. The molecular formula is C14H17ClN2O3. The lowest BCUT2D eigenvalue weighted by molar-refractivity contribution is -0.148. The average molecular weight is 297 g/mol. The Balaban J connectivity index is 2.32. The topological polar surface area (TPSA) is 70.5 Å². The monoisotopic (exact) mass is 296 g/mol. The molecule has 5 nitrogen and oxygen atoms in total. The van der Waals surface area contributed by atoms with Crippen LogP contribution in [0, 0.1) is 0 Å². The maximum absolute atomic E-state index is 12.5. The van der Waals surface area contributed by atoms with E-state index in [4.69, 9.17) is 11.6 Å². The number of hydrogen-bond acceptors (Lipinski definition) is 3. The smallest absolute Gasteiger partial charge is 0.329 e. The highest BCUT2D eigenvalue weighted by Crippen LogP contribution is 2.35. The van der Waals surface area contributed by atoms with E-state index in [1.54, 1.807) is 6.07 Å². The van der Waals surface area contributed by atoms with Crippen LogP contribution in [0.25, 0.3) is 0 Å². The molecule has 0 aromatic carbocycles. The van der Waals surface area contributed by atoms with Gasteiger partial charge in [0.2, 0.25) is 0 Å². The van der Waals surface area contributed by atoms with Crippen molar-refractivity contribution in [3.05, 3.63) is 29.0 Å². The van der Waals surface area contributed by atoms with Crippen LogP contribution in [0.3, 0.4) is 0 Å². The fraction of sp³-hybridized carbons (Fsp3) is 0.500. The summed E-state index contributed by atoms with van der Waals surface area (Å²) < 4.78 is 0. The van der Waals surface area contributed by atoms with Gasteiger partial charge in [0, 0.05) is 12.7 Å². The summed E-state index contributed by atoms with van der Waals surface area (Å²) in [5.41, 5.74) is -0.856. The SMILES string of the molecule is CCCC1(C(=O)O)CCCN1C(=O)c1ccc(Cl)cn1. The van der Waals surface area contributed by atoms with Crippen molar-refractivity contribution >= 4 is 23.5 Å². The first kappa shape index (κ1) is 14.8. The number of rotatable bonds is 4. The van der Waals surface area contributed by atoms with Crippen molar-refractivity contribution < 1.29 is 14.7 Å². The first-order valence-electron chi connectivity index (χ1n) is 6.68. The van der Waals surface area contributed by atoms with Crippen molar-refractivity contribution in [2.45, 2.75) is 38.1 Å². The van der Waals surface area contributed by atoms with Crippen LogP contribution in [0.1, 0.15) is 43.1 Å². The molecule has 1 aliphatic heterocycles. The molecule has 1 saturated heterocycles. The maximum Gasteiger partial charge on any atom is 0.329 e. The molecule has 6 heteroatoms. The molecule has 0 aliphatic carbocycles. The number of amides is 1. The lowest BCUT2D eigenvalue weighted by Gasteiger charge is -2.34. The van der Waals surface area contributed by atoms with Gasteiger partial charge >= 0.3 is 5.97 Å². The summed E-state index contributed by atoms with van der Waals surface area (Å²) >= 11 is 5.75. The Morgan fingerprint density at radius 1 is 1.50 bits per heavy atom. The molecule has 1 aromatic heterocycles. The largest absolute Gasteiger partial charge is 0.479 e. The zero-order chi connectivity index (χ0) is 14.8. The van der Waals surface area contributed by atoms with Crippen molar-refractivity contribution in [1.29, 1.82) is 0 Å². The summed E-state index contributed by atoms with van der Waals surface area (Å²) in [6, 6.07) is 3.11. The predicted octanol–water partition coefficient (Wildman–Crippen LogP) is 2.59. The summed E-state index contributed by atoms with van der Waals surface area (Å²) in [6.45, 7) is 2.38. The minimum absolute atomic E-state index is 0.234. The van der Waals surface area contributed by atoms with Gasteiger partial charge in [-0.05, 0) is 31.4 Å². The van der Waals surface area contributed by atoms with E-state index in [1.165, 1.54) is 17.2 Å². The number of nitrogens with zero attached hydrogens (tertiary/aromatic N) is 2. The molecule has 20 heavy (non-hydrogen) atoms. The van der Waals surface area contributed by atoms with Crippen LogP contribution >= 0.6 is 11.6 Å². The number of aliphatic carboxylic acids is 1. The molecule has 0 bridgehead atoms. The van der Waals surface area contributed by atoms with Crippen LogP contribution in [0.15, 0.2) is 18.3 Å². The highest BCUT2D eigenvalue weighted by Gasteiger charge is 2.49. The second kappa shape index (κ2) is 5.79. The molecule has 2 heterocycles. The number of pyridine rings is 1. The van der Waals surface area contributed by atoms with Crippen LogP contribution in [0.5, 0.6) is 0 Å². The molecule has 2 rings (SSSR count). The molecule has 0 radical (unpaired) electrons. The first-order chi connectivity index (χ1) is 9.51. The Bertz CT molecular complexity index is 518. The molecule has 0 saturated carbocycles. The molecule has 1 unspecified atom stereocenters. The number of hydrogen-bond donors (Lipinski definition) is 1. The number of carboxylic acids is 1. The van der Waals surface area contributed by atoms with Gasteiger partial charge in [0.15, 0.2) is 0 Å². The molecule has 1 aliphatic rings. The lowest BCUT2D eigenvalue weighted by atomic mass is 9.90. The number of carboxylic acid groups (broad SMARTS) is 1. The standard InChI is InChI=1S/C14H17ClN2O3/c1-2-6-14(13(19)20)7-3-8-17(14)12(18)11-5-4-10(15)9-16-11/h4-5,9H,2-3,6-8H2,1H3,(H,19,20). The number of halogens is 1. The van der Waals surface area contributed by atoms with Crippen molar-refractivity contribution in [3.63, 3.8) is 0 Å². The van der Waals surface area contributed by atoms with Gasteiger partial charge in [-0.2, -0.15) is 0 Å². The summed E-state index contributed by atoms with van der Waals surface area (Å²) in [5.74, 6) is -1.27. The number of carbonyl (C=O) groups is 2. The van der Waals surface area contributed by atoms with Crippen LogP contribution in [-0.4, -0.2) is 39.0 Å². The second-order valence-electron chi connectivity index (χ2n) is 5.01. The van der Waals surface area contributed by atoms with Crippen molar-refractivity contribution in [2.75, 3.05) is 6.54 Å². The summed E-state index contributed by atoms with van der Waals surface area (Å²) in [5, 5.41) is 10.0. The van der Waals surface area contributed by atoms with E-state index in [-0.39, 0.29) is 11.6 Å². The van der Waals surface area contributed by atoms with Gasteiger partial charge < -0.3 is 10.0 Å². The van der Waals surface area contributed by atoms with Crippen LogP contribution in [0.2, 0.25) is 5.02 Å². The van der Waals surface area contributed by atoms with E-state index >= 15 is 0 Å². The van der Waals surface area contributed by atoms with E-state index < -0.39 is 11.5 Å². The van der Waals surface area contributed by atoms with Crippen LogP contribution < -0.4 is 0 Å². The molecular weight excluding hydrogens is 280 g/mol. The third kappa shape index (κ3) is 2.50. The van der Waals surface area contributed by atoms with E-state index in [1.807, 2.05) is 6.92 Å². The van der Waals surface area contributed by atoms with Gasteiger partial charge in [-0.25, -0.2) is 9.78 Å². The number of carbonyl (C=O) groups excluding carboxylic acids is 1. The average Bonchev–Trinajstić information content (AvgIpc) is 2.84. The molecule has 1 atom stereocenters. The molecule has 1 amide bonds. The molecule has 108 valence electrons. The van der Waals surface area contributed by atoms with E-state index in [9.17, 15) is 14.7 Å². The van der Waals surface area contributed by atoms with Gasteiger partial charge in [0.05, 0.1) is 5.02 Å². The zero-order valence-electron chi connectivity index (χ0n) is 11.3. The molecule has 1 aromatic rings. The van der Waals surface area contributed by atoms with Crippen molar-refractivity contribution in [3.8, 4) is 0 Å². The minimum atomic E-state index is -1.09. The van der Waals surface area contributed by atoms with Gasteiger partial charge in [0.25, 0.3) is 5.91 Å². The van der Waals surface area contributed by atoms with Gasteiger partial charge in [0.1, 0.15) is 11.2 Å². The van der Waals surface area contributed by atoms with E-state index in [0.29, 0.717) is 37.3 Å². The predicted molar refractivity (Wildman–Crippen MR) is 74.8 cm³/mol. The highest BCUT2D eigenvalue weighted by atomic mass is 35.5. The lowest BCUT2D eigenvalue weighted by Crippen LogP contribution is -2.53. The molecule has 1 N–H and O–H groups in total. The van der Waals surface area contributed by atoms with Crippen molar-refractivity contribution in [2.24, 2.45) is 0 Å². The quantitative estimate of drug-likeness (QED) is 0.927. The maximum atomic E-state index is 12.5. The number of likely N-dealkylation sites (tertiary alicyclic amines) is 1. The third-order valence-corrected chi connectivity index (χ3v) is 3.97. The van der Waals surface area contributed by atoms with Crippen molar-refractivity contribution in [1.82, 2.24) is 9.88 Å². The Labute approximate surface area is 122 Å². The fourth-order valence-corrected chi connectivity index (χ4v) is 2.93. The van der Waals surface area contributed by atoms with Gasteiger partial charge in [-0.3, -0.25) is 4.79 Å². The summed E-state index contributed by atoms with van der Waals surface area (Å²) in [6.07, 6.45) is 3.76. The van der Waals surface area contributed by atoms with Crippen LogP contribution in [-0.2, 0) is 4.79 Å². The third-order valence-electron chi connectivity index (χ3n) is 3.74. The number of aromatic nitrogens is 1. The van der Waals surface area contributed by atoms with Gasteiger partial charge in [-0.1, -0.05) is 24.9 Å². The van der Waals surface area contributed by atoms with E-state index in [0.717, 1.165) is 0 Å². The Hall–Kier alpha value is -1.62. The van der Waals surface area contributed by atoms with Crippen LogP contribution in [0.4, 0.5) is 0 Å².